The second-order valence-electron chi connectivity index (χ2n) is 17.0. The average molecular weight is 1090 g/mol. The summed E-state index contributed by atoms with van der Waals surface area (Å²) in [5.41, 5.74) is 21.4. The SMILES string of the molecule is CCN(CC(=O)NCCN(CC(=O)NC(CCCCN)C(=O)NC(CSC1CC(=O)N(CCC(=O)NCCOCCOC)C1=O)C(N)=O)C(=O)Cn1cnc2c(=O)[nH]c(N)nc21)C(=O)Cn1cnc2c(=O)[nH]c(N)nc21. The van der Waals surface area contributed by atoms with Gasteiger partial charge >= 0.3 is 0 Å². The van der Waals surface area contributed by atoms with Crippen LogP contribution >= 0.6 is 11.8 Å². The lowest BCUT2D eigenvalue weighted by molar-refractivity contribution is -0.139. The second kappa shape index (κ2) is 28.6. The summed E-state index contributed by atoms with van der Waals surface area (Å²) < 4.78 is 12.7. The fraction of sp³-hybridized carbons (Fsp3) is 0.558. The number of likely N-dealkylation sites (N-methyl/N-ethyl adjacent to an activating group) is 1. The second-order valence-corrected chi connectivity index (χ2v) is 18.3. The maximum absolute atomic E-state index is 14.0. The molecule has 0 aliphatic carbocycles. The number of likely N-dealkylation sites (tertiary alicyclic amines) is 1. The molecule has 14 N–H and O–H groups in total. The molecule has 5 heterocycles. The van der Waals surface area contributed by atoms with Gasteiger partial charge in [-0.25, -0.2) is 9.97 Å². The molecule has 1 saturated heterocycles. The van der Waals surface area contributed by atoms with E-state index in [1.165, 1.54) is 33.8 Å². The lowest BCUT2D eigenvalue weighted by atomic mass is 10.1. The van der Waals surface area contributed by atoms with Gasteiger partial charge in [0.05, 0.1) is 50.8 Å². The molecule has 3 atom stereocenters. The largest absolute Gasteiger partial charge is 0.382 e. The minimum Gasteiger partial charge on any atom is -0.382 e. The number of nitrogens with two attached hydrogens (primary N) is 4. The Morgan fingerprint density at radius 1 is 0.803 bits per heavy atom. The van der Waals surface area contributed by atoms with Gasteiger partial charge in [-0.3, -0.25) is 67.6 Å². The van der Waals surface area contributed by atoms with E-state index in [2.05, 4.69) is 51.2 Å². The first-order valence-electron chi connectivity index (χ1n) is 24.0. The summed E-state index contributed by atoms with van der Waals surface area (Å²) in [6.07, 6.45) is 2.82. The molecule has 0 spiro atoms. The van der Waals surface area contributed by atoms with Crippen LogP contribution in [0.3, 0.4) is 0 Å². The Morgan fingerprint density at radius 3 is 2.00 bits per heavy atom. The number of primary amides is 1. The van der Waals surface area contributed by atoms with Crippen molar-refractivity contribution in [1.29, 1.82) is 0 Å². The molecule has 1 fully saturated rings. The van der Waals surface area contributed by atoms with E-state index in [4.69, 9.17) is 32.4 Å². The normalized spacial score (nSPS) is 14.1. The number of anilines is 2. The zero-order chi connectivity index (χ0) is 55.5. The van der Waals surface area contributed by atoms with Crippen molar-refractivity contribution >= 4 is 99.2 Å². The Hall–Kier alpha value is -8.04. The van der Waals surface area contributed by atoms with Gasteiger partial charge in [0.25, 0.3) is 11.1 Å². The van der Waals surface area contributed by atoms with Crippen molar-refractivity contribution in [3.8, 4) is 0 Å². The third kappa shape index (κ3) is 16.7. The molecule has 0 bridgehead atoms. The number of thioether (sulfide) groups is 1. The minimum absolute atomic E-state index is 0.0195. The summed E-state index contributed by atoms with van der Waals surface area (Å²) in [6.45, 7) is 0.476. The van der Waals surface area contributed by atoms with Gasteiger partial charge in [-0.05, 0) is 32.7 Å². The number of nitrogens with one attached hydrogen (secondary N) is 6. The molecule has 9 amide bonds. The lowest BCUT2D eigenvalue weighted by Crippen LogP contribution is -2.55. The van der Waals surface area contributed by atoms with E-state index >= 15 is 0 Å². The molecule has 1 aliphatic heterocycles. The van der Waals surface area contributed by atoms with E-state index in [0.717, 1.165) is 21.6 Å². The Balaban J connectivity index is 1.21. The number of imidazole rings is 2. The van der Waals surface area contributed by atoms with Crippen molar-refractivity contribution in [1.82, 2.24) is 75.0 Å². The number of amides is 9. The predicted molar refractivity (Wildman–Crippen MR) is 271 cm³/mol. The molecule has 1 aliphatic rings. The zero-order valence-corrected chi connectivity index (χ0v) is 42.7. The smallest absolute Gasteiger partial charge is 0.280 e. The number of fused-ring (bicyclic) bond motifs is 2. The Morgan fingerprint density at radius 2 is 1.41 bits per heavy atom. The van der Waals surface area contributed by atoms with Crippen LogP contribution in [0.1, 0.15) is 39.0 Å². The standard InChI is InChI=1S/C43H63N19O13S/c1-3-58(31(67)19-60-22-50-33-36(60)54-42(46)56-39(33)71)17-28(64)48-9-12-59(32(68)20-61-23-51-34-37(61)55-43(47)57-40(34)72)18-29(65)52-24(6-4-5-8-44)38(70)53-25(35(45)69)21-76-26-16-30(66)62(41(26)73)11-7-27(63)49-10-13-75-15-14-74-2/h22-26H,3-21,44H2,1-2H3,(H2,45,69)(H,48,64)(H,49,63)(H,52,65)(H,53,70)(H3,46,54,56,71)(H3,47,55,57,72). The Kier molecular flexibility index (Phi) is 22.1. The number of carbonyl (C=O) groups is 9. The van der Waals surface area contributed by atoms with Crippen molar-refractivity contribution in [2.75, 3.05) is 96.5 Å². The van der Waals surface area contributed by atoms with Gasteiger partial charge in [-0.15, -0.1) is 11.8 Å². The summed E-state index contributed by atoms with van der Waals surface area (Å²) in [6, 6.07) is -2.69. The quantitative estimate of drug-likeness (QED) is 0.0161. The molecule has 5 rings (SSSR count). The van der Waals surface area contributed by atoms with Gasteiger partial charge < -0.3 is 72.6 Å². The van der Waals surface area contributed by atoms with E-state index < -0.39 is 101 Å². The van der Waals surface area contributed by atoms with Crippen LogP contribution in [0.5, 0.6) is 0 Å². The van der Waals surface area contributed by atoms with Crippen molar-refractivity contribution in [2.45, 2.75) is 69.5 Å². The number of aromatic nitrogens is 8. The number of nitrogen functional groups attached to an aromatic ring is 2. The molecule has 0 aromatic carbocycles. The summed E-state index contributed by atoms with van der Waals surface area (Å²) in [7, 11) is 1.53. The minimum atomic E-state index is -1.38. The number of ether oxygens (including phenoxy) is 2. The fourth-order valence-electron chi connectivity index (χ4n) is 7.57. The first-order valence-corrected chi connectivity index (χ1v) is 25.0. The van der Waals surface area contributed by atoms with Gasteiger partial charge in [-0.2, -0.15) is 9.97 Å². The highest BCUT2D eigenvalue weighted by Crippen LogP contribution is 2.26. The van der Waals surface area contributed by atoms with E-state index in [1.807, 2.05) is 0 Å². The zero-order valence-electron chi connectivity index (χ0n) is 41.9. The van der Waals surface area contributed by atoms with Crippen LogP contribution < -0.4 is 55.3 Å². The molecule has 4 aromatic rings. The molecule has 414 valence electrons. The van der Waals surface area contributed by atoms with Crippen LogP contribution in [0.4, 0.5) is 11.9 Å². The van der Waals surface area contributed by atoms with Crippen LogP contribution in [0.25, 0.3) is 22.3 Å². The maximum Gasteiger partial charge on any atom is 0.280 e. The number of nitrogens with zero attached hydrogens (tertiary/aromatic N) is 9. The number of hydrogen-bond donors (Lipinski definition) is 10. The first kappa shape index (κ1) is 58.8. The van der Waals surface area contributed by atoms with E-state index in [-0.39, 0.29) is 112 Å². The van der Waals surface area contributed by atoms with Gasteiger partial charge in [0.1, 0.15) is 25.2 Å². The number of carbonyl (C=O) groups excluding carboxylic acids is 9. The Labute approximate surface area is 436 Å². The highest BCUT2D eigenvalue weighted by molar-refractivity contribution is 8.00. The number of unbranched alkanes of at least 4 members (excludes halogenated alkanes) is 1. The number of imide groups is 1. The van der Waals surface area contributed by atoms with Gasteiger partial charge in [0.15, 0.2) is 22.3 Å². The molecular weight excluding hydrogens is 1020 g/mol. The molecule has 0 saturated carbocycles. The lowest BCUT2D eigenvalue weighted by Gasteiger charge is -2.26. The van der Waals surface area contributed by atoms with Crippen LogP contribution in [0, 0.1) is 0 Å². The molecule has 0 radical (unpaired) electrons. The van der Waals surface area contributed by atoms with E-state index in [9.17, 15) is 52.7 Å². The van der Waals surface area contributed by atoms with Crippen molar-refractivity contribution < 1.29 is 52.6 Å². The average Bonchev–Trinajstić information content (AvgIpc) is 4.05. The van der Waals surface area contributed by atoms with Crippen LogP contribution in [-0.4, -0.2) is 209 Å². The van der Waals surface area contributed by atoms with Gasteiger partial charge in [0.2, 0.25) is 65.1 Å². The summed E-state index contributed by atoms with van der Waals surface area (Å²) in [4.78, 5) is 168. The summed E-state index contributed by atoms with van der Waals surface area (Å²) in [5.74, 6) is -6.76. The number of hydrogen-bond acceptors (Lipinski definition) is 21. The van der Waals surface area contributed by atoms with Crippen LogP contribution in [0.2, 0.25) is 0 Å². The molecular formula is C43H63N19O13S. The van der Waals surface area contributed by atoms with Gasteiger partial charge in [0, 0.05) is 58.4 Å². The number of methoxy groups -OCH3 is 1. The van der Waals surface area contributed by atoms with Crippen molar-refractivity contribution in [3.63, 3.8) is 0 Å². The monoisotopic (exact) mass is 1090 g/mol. The number of aromatic amines is 2. The van der Waals surface area contributed by atoms with Crippen LogP contribution in [0.15, 0.2) is 22.2 Å². The highest BCUT2D eigenvalue weighted by atomic mass is 32.2. The summed E-state index contributed by atoms with van der Waals surface area (Å²) in [5, 5.41) is 9.43. The van der Waals surface area contributed by atoms with Crippen molar-refractivity contribution in [3.05, 3.63) is 33.4 Å². The van der Waals surface area contributed by atoms with E-state index in [0.29, 0.717) is 26.1 Å². The topological polar surface area (TPSA) is 461 Å². The number of H-pyrrole nitrogens is 2. The molecule has 4 aromatic heterocycles. The predicted octanol–water partition coefficient (Wildman–Crippen LogP) is -6.18. The molecule has 76 heavy (non-hydrogen) atoms. The molecule has 32 nitrogen and oxygen atoms in total. The number of rotatable bonds is 32. The van der Waals surface area contributed by atoms with Crippen LogP contribution in [-0.2, 0) is 65.7 Å². The molecule has 33 heteroatoms. The summed E-state index contributed by atoms with van der Waals surface area (Å²) >= 11 is 0.906. The fourth-order valence-corrected chi connectivity index (χ4v) is 8.78. The maximum atomic E-state index is 14.0. The van der Waals surface area contributed by atoms with Gasteiger partial charge in [-0.1, -0.05) is 0 Å². The van der Waals surface area contributed by atoms with E-state index in [1.54, 1.807) is 6.92 Å². The Bertz CT molecular complexity index is 2870. The third-order valence-corrected chi connectivity index (χ3v) is 12.8. The molecule has 3 unspecified atom stereocenters. The third-order valence-electron chi connectivity index (χ3n) is 11.5. The first-order chi connectivity index (χ1) is 36.3. The highest BCUT2D eigenvalue weighted by Gasteiger charge is 2.40. The van der Waals surface area contributed by atoms with Crippen molar-refractivity contribution in [2.24, 2.45) is 11.5 Å².